The van der Waals surface area contributed by atoms with E-state index in [-0.39, 0.29) is 11.8 Å². The Morgan fingerprint density at radius 2 is 0.812 bits per heavy atom. The Morgan fingerprint density at radius 1 is 0.500 bits per heavy atom. The van der Waals surface area contributed by atoms with Crippen molar-refractivity contribution in [2.75, 3.05) is 0 Å². The average molecular weight is 461 g/mol. The zero-order valence-corrected chi connectivity index (χ0v) is 20.9. The van der Waals surface area contributed by atoms with Crippen molar-refractivity contribution in [1.29, 1.82) is 0 Å². The maximum absolute atomic E-state index is 11.3. The van der Waals surface area contributed by atoms with Crippen molar-refractivity contribution in [3.05, 3.63) is 0 Å². The van der Waals surface area contributed by atoms with Crippen molar-refractivity contribution in [1.82, 2.24) is 0 Å². The van der Waals surface area contributed by atoms with E-state index in [9.17, 15) is 19.2 Å². The molecule has 0 fully saturated rings. The lowest BCUT2D eigenvalue weighted by molar-refractivity contribution is -0.263. The van der Waals surface area contributed by atoms with Crippen LogP contribution in [0.2, 0.25) is 0 Å². The molecule has 0 rings (SSSR count). The molecule has 188 valence electrons. The van der Waals surface area contributed by atoms with Crippen LogP contribution in [-0.4, -0.2) is 23.9 Å². The standard InChI is InChI=1S/C16H30O4.C8H14O4/c1-3-5-7-9-11-13-15(17)19-20-16(18)14-12-10-8-6-4-2;1-5(2)7(9)11-12-8(10)6(3)4/h3-14H2,1-2H3;5-6H,1-4H3. The van der Waals surface area contributed by atoms with Crippen LogP contribution in [0.25, 0.3) is 0 Å². The van der Waals surface area contributed by atoms with Gasteiger partial charge in [0.25, 0.3) is 0 Å². The van der Waals surface area contributed by atoms with Crippen LogP contribution in [0.15, 0.2) is 0 Å². The lowest BCUT2D eigenvalue weighted by Gasteiger charge is -2.05. The van der Waals surface area contributed by atoms with E-state index >= 15 is 0 Å². The van der Waals surface area contributed by atoms with Gasteiger partial charge in [0.15, 0.2) is 0 Å². The third kappa shape index (κ3) is 22.6. The molecule has 0 aromatic rings. The molecule has 0 saturated heterocycles. The summed E-state index contributed by atoms with van der Waals surface area (Å²) >= 11 is 0. The molecule has 0 atom stereocenters. The molecule has 0 N–H and O–H groups in total. The molecule has 0 unspecified atom stereocenters. The van der Waals surface area contributed by atoms with Crippen molar-refractivity contribution < 1.29 is 38.7 Å². The zero-order valence-electron chi connectivity index (χ0n) is 20.9. The molecule has 0 radical (unpaired) electrons. The van der Waals surface area contributed by atoms with Gasteiger partial charge in [-0.15, -0.1) is 0 Å². The van der Waals surface area contributed by atoms with E-state index in [1.807, 2.05) is 0 Å². The van der Waals surface area contributed by atoms with Gasteiger partial charge in [-0.25, -0.2) is 38.7 Å². The summed E-state index contributed by atoms with van der Waals surface area (Å²) in [5.41, 5.74) is 0. The van der Waals surface area contributed by atoms with Gasteiger partial charge >= 0.3 is 23.9 Å². The summed E-state index contributed by atoms with van der Waals surface area (Å²) in [6, 6.07) is 0. The van der Waals surface area contributed by atoms with Crippen LogP contribution >= 0.6 is 0 Å². The Balaban J connectivity index is 0. The van der Waals surface area contributed by atoms with Crippen LogP contribution < -0.4 is 0 Å². The van der Waals surface area contributed by atoms with Gasteiger partial charge in [-0.2, -0.15) is 0 Å². The highest BCUT2D eigenvalue weighted by Crippen LogP contribution is 2.08. The minimum absolute atomic E-state index is 0.287. The normalized spacial score (nSPS) is 10.2. The van der Waals surface area contributed by atoms with Crippen molar-refractivity contribution in [3.8, 4) is 0 Å². The molecule has 0 aromatic heterocycles. The molecule has 0 aliphatic heterocycles. The molecule has 0 bridgehead atoms. The molecule has 0 saturated carbocycles. The summed E-state index contributed by atoms with van der Waals surface area (Å²) in [7, 11) is 0. The lowest BCUT2D eigenvalue weighted by Crippen LogP contribution is -2.18. The van der Waals surface area contributed by atoms with Gasteiger partial charge in [0.2, 0.25) is 0 Å². The van der Waals surface area contributed by atoms with Gasteiger partial charge in [0, 0.05) is 0 Å². The first-order chi connectivity index (χ1) is 15.1. The summed E-state index contributed by atoms with van der Waals surface area (Å²) in [6.07, 6.45) is 11.3. The van der Waals surface area contributed by atoms with E-state index in [1.165, 1.54) is 25.7 Å². The maximum Gasteiger partial charge on any atom is 0.358 e. The van der Waals surface area contributed by atoms with E-state index in [2.05, 4.69) is 33.4 Å². The molecule has 32 heavy (non-hydrogen) atoms. The van der Waals surface area contributed by atoms with Crippen LogP contribution in [0.5, 0.6) is 0 Å². The number of carbonyl (C=O) groups excluding carboxylic acids is 4. The second-order valence-electron chi connectivity index (χ2n) is 8.35. The summed E-state index contributed by atoms with van der Waals surface area (Å²) in [5, 5.41) is 0. The Bertz CT molecular complexity index is 468. The first-order valence-corrected chi connectivity index (χ1v) is 12.0. The zero-order chi connectivity index (χ0) is 24.8. The first-order valence-electron chi connectivity index (χ1n) is 12.0. The summed E-state index contributed by atoms with van der Waals surface area (Å²) < 4.78 is 0. The Kier molecular flexibility index (Phi) is 22.1. The van der Waals surface area contributed by atoms with E-state index in [0.29, 0.717) is 12.8 Å². The largest absolute Gasteiger partial charge is 0.358 e. The van der Waals surface area contributed by atoms with E-state index in [1.54, 1.807) is 27.7 Å². The molecule has 0 aliphatic carbocycles. The van der Waals surface area contributed by atoms with E-state index in [4.69, 9.17) is 0 Å². The molecule has 8 nitrogen and oxygen atoms in total. The van der Waals surface area contributed by atoms with Crippen LogP contribution in [0.1, 0.15) is 119 Å². The predicted octanol–water partition coefficient (Wildman–Crippen LogP) is 6.01. The highest BCUT2D eigenvalue weighted by atomic mass is 17.2. The van der Waals surface area contributed by atoms with Gasteiger partial charge in [-0.3, -0.25) is 0 Å². The van der Waals surface area contributed by atoms with Gasteiger partial charge in [0.1, 0.15) is 0 Å². The molecule has 0 aromatic carbocycles. The van der Waals surface area contributed by atoms with E-state index < -0.39 is 23.9 Å². The molecular formula is C24H44O8. The quantitative estimate of drug-likeness (QED) is 0.176. The van der Waals surface area contributed by atoms with E-state index in [0.717, 1.165) is 38.5 Å². The molecule has 0 heterocycles. The Hall–Kier alpha value is -2.12. The minimum Gasteiger partial charge on any atom is -0.247 e. The third-order valence-electron chi connectivity index (χ3n) is 4.35. The molecule has 0 amide bonds. The minimum atomic E-state index is -0.538. The average Bonchev–Trinajstić information content (AvgIpc) is 2.75. The number of hydrogen-bond donors (Lipinski definition) is 0. The smallest absolute Gasteiger partial charge is 0.247 e. The number of unbranched alkanes of at least 4 members (excludes halogenated alkanes) is 8. The third-order valence-corrected chi connectivity index (χ3v) is 4.35. The summed E-state index contributed by atoms with van der Waals surface area (Å²) in [4.78, 5) is 61.6. The monoisotopic (exact) mass is 460 g/mol. The number of rotatable bonds is 14. The Morgan fingerprint density at radius 3 is 1.09 bits per heavy atom. The SMILES string of the molecule is CC(C)C(=O)OOC(=O)C(C)C.CCCCCCCC(=O)OOC(=O)CCCCCCC. The van der Waals surface area contributed by atoms with Crippen molar-refractivity contribution in [2.24, 2.45) is 11.8 Å². The molecular weight excluding hydrogens is 416 g/mol. The second kappa shape index (κ2) is 22.1. The Labute approximate surface area is 193 Å². The fraction of sp³-hybridized carbons (Fsp3) is 0.833. The van der Waals surface area contributed by atoms with Crippen LogP contribution in [0.3, 0.4) is 0 Å². The van der Waals surface area contributed by atoms with Gasteiger partial charge in [-0.1, -0.05) is 92.9 Å². The van der Waals surface area contributed by atoms with Crippen molar-refractivity contribution in [3.63, 3.8) is 0 Å². The summed E-state index contributed by atoms with van der Waals surface area (Å²) in [5.74, 6) is -2.54. The van der Waals surface area contributed by atoms with Gasteiger partial charge in [-0.05, 0) is 12.8 Å². The van der Waals surface area contributed by atoms with Crippen LogP contribution in [0, 0.1) is 11.8 Å². The number of carbonyl (C=O) groups is 4. The number of hydrogen-bond acceptors (Lipinski definition) is 8. The van der Waals surface area contributed by atoms with Gasteiger partial charge in [0.05, 0.1) is 24.7 Å². The second-order valence-corrected chi connectivity index (χ2v) is 8.35. The molecule has 0 aliphatic rings. The van der Waals surface area contributed by atoms with Crippen LogP contribution in [0.4, 0.5) is 0 Å². The maximum atomic E-state index is 11.3. The fourth-order valence-electron chi connectivity index (χ4n) is 2.20. The highest BCUT2D eigenvalue weighted by Gasteiger charge is 2.15. The van der Waals surface area contributed by atoms with Gasteiger partial charge < -0.3 is 0 Å². The summed E-state index contributed by atoms with van der Waals surface area (Å²) in [6.45, 7) is 10.9. The van der Waals surface area contributed by atoms with Crippen LogP contribution in [-0.2, 0) is 38.7 Å². The molecule has 8 heteroatoms. The van der Waals surface area contributed by atoms with Crippen molar-refractivity contribution in [2.45, 2.75) is 119 Å². The molecule has 0 spiro atoms. The van der Waals surface area contributed by atoms with Crippen molar-refractivity contribution >= 4 is 23.9 Å². The topological polar surface area (TPSA) is 105 Å². The predicted molar refractivity (Wildman–Crippen MR) is 121 cm³/mol. The fourth-order valence-corrected chi connectivity index (χ4v) is 2.20. The first kappa shape index (κ1) is 32.1. The lowest BCUT2D eigenvalue weighted by atomic mass is 10.1. The highest BCUT2D eigenvalue weighted by molar-refractivity contribution is 5.75.